The molecule has 0 aliphatic heterocycles. The van der Waals surface area contributed by atoms with Crippen LogP contribution in [0.25, 0.3) is 0 Å². The number of carbonyl (C=O) groups is 1. The van der Waals surface area contributed by atoms with Crippen LogP contribution in [-0.2, 0) is 16.0 Å². The van der Waals surface area contributed by atoms with Crippen LogP contribution in [0, 0.1) is 3.70 Å². The van der Waals surface area contributed by atoms with E-state index in [1.54, 1.807) is 6.92 Å². The van der Waals surface area contributed by atoms with Gasteiger partial charge in [0.05, 0.1) is 18.7 Å². The summed E-state index contributed by atoms with van der Waals surface area (Å²) in [5, 5.41) is 0. The van der Waals surface area contributed by atoms with Gasteiger partial charge >= 0.3 is 5.97 Å². The molecule has 0 spiro atoms. The number of rotatable bonds is 3. The zero-order valence-electron chi connectivity index (χ0n) is 7.29. The Labute approximate surface area is 90.6 Å². The predicted molar refractivity (Wildman–Crippen MR) is 57.3 cm³/mol. The van der Waals surface area contributed by atoms with Crippen molar-refractivity contribution in [3.05, 3.63) is 27.6 Å². The molecule has 0 fully saturated rings. The van der Waals surface area contributed by atoms with Gasteiger partial charge in [-0.3, -0.25) is 4.79 Å². The summed E-state index contributed by atoms with van der Waals surface area (Å²) in [6.07, 6.45) is 0.255. The Morgan fingerprint density at radius 1 is 1.62 bits per heavy atom. The van der Waals surface area contributed by atoms with E-state index in [0.29, 0.717) is 6.61 Å². The number of halogens is 1. The minimum atomic E-state index is -0.225. The van der Waals surface area contributed by atoms with E-state index >= 15 is 0 Å². The summed E-state index contributed by atoms with van der Waals surface area (Å²) in [6.45, 7) is 2.21. The second-order valence-electron chi connectivity index (χ2n) is 2.43. The van der Waals surface area contributed by atoms with Gasteiger partial charge in [-0.2, -0.15) is 0 Å². The van der Waals surface area contributed by atoms with Crippen molar-refractivity contribution < 1.29 is 9.53 Å². The van der Waals surface area contributed by atoms with Gasteiger partial charge in [0.1, 0.15) is 3.70 Å². The zero-order chi connectivity index (χ0) is 9.68. The summed E-state index contributed by atoms with van der Waals surface area (Å²) in [6, 6.07) is 5.58. The molecule has 13 heavy (non-hydrogen) atoms. The maximum absolute atomic E-state index is 11.1. The normalized spacial score (nSPS) is 9.69. The van der Waals surface area contributed by atoms with Crippen molar-refractivity contribution in [2.24, 2.45) is 0 Å². The quantitative estimate of drug-likeness (QED) is 0.484. The first-order valence-corrected chi connectivity index (χ1v) is 5.07. The van der Waals surface area contributed by atoms with Crippen molar-refractivity contribution in [2.75, 3.05) is 6.61 Å². The lowest BCUT2D eigenvalue weighted by Crippen LogP contribution is -2.08. The molecule has 0 saturated heterocycles. The molecule has 0 radical (unpaired) electrons. The Morgan fingerprint density at radius 3 is 3.00 bits per heavy atom. The van der Waals surface area contributed by atoms with Crippen molar-refractivity contribution in [1.82, 2.24) is 4.98 Å². The van der Waals surface area contributed by atoms with Gasteiger partial charge < -0.3 is 4.74 Å². The van der Waals surface area contributed by atoms with Crippen LogP contribution in [0.4, 0.5) is 0 Å². The van der Waals surface area contributed by atoms with Gasteiger partial charge in [-0.05, 0) is 41.6 Å². The smallest absolute Gasteiger partial charge is 0.311 e. The van der Waals surface area contributed by atoms with E-state index in [9.17, 15) is 4.79 Å². The molecule has 0 aromatic carbocycles. The number of aromatic nitrogens is 1. The number of pyridine rings is 1. The summed E-state index contributed by atoms with van der Waals surface area (Å²) >= 11 is 2.11. The van der Waals surface area contributed by atoms with Gasteiger partial charge in [0, 0.05) is 0 Å². The Bertz CT molecular complexity index is 301. The summed E-state index contributed by atoms with van der Waals surface area (Å²) in [5.41, 5.74) is 0.755. The van der Waals surface area contributed by atoms with Crippen LogP contribution in [0.1, 0.15) is 12.6 Å². The van der Waals surface area contributed by atoms with Crippen molar-refractivity contribution in [2.45, 2.75) is 13.3 Å². The molecule has 0 unspecified atom stereocenters. The fourth-order valence-electron chi connectivity index (χ4n) is 0.909. The van der Waals surface area contributed by atoms with E-state index in [4.69, 9.17) is 4.74 Å². The Kier molecular flexibility index (Phi) is 4.14. The SMILES string of the molecule is CCOC(=O)Cc1cccc(I)n1. The highest BCUT2D eigenvalue weighted by molar-refractivity contribution is 14.1. The third-order valence-electron chi connectivity index (χ3n) is 1.40. The number of esters is 1. The van der Waals surface area contributed by atoms with Crippen LogP contribution in [0.3, 0.4) is 0 Å². The molecule has 0 N–H and O–H groups in total. The fraction of sp³-hybridized carbons (Fsp3) is 0.333. The molecule has 1 heterocycles. The second-order valence-corrected chi connectivity index (χ2v) is 3.54. The molecule has 0 bridgehead atoms. The van der Waals surface area contributed by atoms with Crippen LogP contribution >= 0.6 is 22.6 Å². The average Bonchev–Trinajstić information content (AvgIpc) is 2.04. The lowest BCUT2D eigenvalue weighted by atomic mass is 10.3. The molecule has 1 rings (SSSR count). The van der Waals surface area contributed by atoms with Crippen molar-refractivity contribution in [1.29, 1.82) is 0 Å². The summed E-state index contributed by atoms with van der Waals surface area (Å²) < 4.78 is 5.69. The van der Waals surface area contributed by atoms with E-state index in [1.807, 2.05) is 18.2 Å². The monoisotopic (exact) mass is 291 g/mol. The zero-order valence-corrected chi connectivity index (χ0v) is 9.45. The maximum Gasteiger partial charge on any atom is 0.311 e. The molecule has 0 aliphatic rings. The minimum absolute atomic E-state index is 0.225. The number of nitrogens with zero attached hydrogens (tertiary/aromatic N) is 1. The number of hydrogen-bond donors (Lipinski definition) is 0. The first kappa shape index (κ1) is 10.4. The molecule has 0 saturated carbocycles. The lowest BCUT2D eigenvalue weighted by molar-refractivity contribution is -0.142. The fourth-order valence-corrected chi connectivity index (χ4v) is 1.43. The van der Waals surface area contributed by atoms with Crippen molar-refractivity contribution in [3.8, 4) is 0 Å². The standard InChI is InChI=1S/C9H10INO2/c1-2-13-9(12)6-7-4-3-5-8(10)11-7/h3-5H,2,6H2,1H3. The molecule has 1 aromatic heterocycles. The Hall–Kier alpha value is -0.650. The van der Waals surface area contributed by atoms with Crippen molar-refractivity contribution >= 4 is 28.6 Å². The van der Waals surface area contributed by atoms with Gasteiger partial charge in [0.15, 0.2) is 0 Å². The van der Waals surface area contributed by atoms with Gasteiger partial charge in [-0.15, -0.1) is 0 Å². The average molecular weight is 291 g/mol. The van der Waals surface area contributed by atoms with Gasteiger partial charge in [0.2, 0.25) is 0 Å². The highest BCUT2D eigenvalue weighted by Gasteiger charge is 2.04. The Morgan fingerprint density at radius 2 is 2.38 bits per heavy atom. The van der Waals surface area contributed by atoms with Crippen molar-refractivity contribution in [3.63, 3.8) is 0 Å². The van der Waals surface area contributed by atoms with Gasteiger partial charge in [0.25, 0.3) is 0 Å². The summed E-state index contributed by atoms with van der Waals surface area (Å²) in [4.78, 5) is 15.2. The molecule has 4 heteroatoms. The third kappa shape index (κ3) is 3.71. The minimum Gasteiger partial charge on any atom is -0.466 e. The lowest BCUT2D eigenvalue weighted by Gasteiger charge is -2.00. The third-order valence-corrected chi connectivity index (χ3v) is 2.00. The second kappa shape index (κ2) is 5.16. The molecule has 3 nitrogen and oxygen atoms in total. The van der Waals surface area contributed by atoms with Crippen LogP contribution in [0.15, 0.2) is 18.2 Å². The summed E-state index contributed by atoms with van der Waals surface area (Å²) in [7, 11) is 0. The number of ether oxygens (including phenoxy) is 1. The molecule has 70 valence electrons. The topological polar surface area (TPSA) is 39.2 Å². The molecule has 1 aromatic rings. The van der Waals surface area contributed by atoms with E-state index in [2.05, 4.69) is 27.6 Å². The number of carbonyl (C=O) groups excluding carboxylic acids is 1. The van der Waals surface area contributed by atoms with E-state index in [0.717, 1.165) is 9.39 Å². The van der Waals surface area contributed by atoms with Gasteiger partial charge in [-0.25, -0.2) is 4.98 Å². The summed E-state index contributed by atoms with van der Waals surface area (Å²) in [5.74, 6) is -0.225. The Balaban J connectivity index is 2.58. The van der Waals surface area contributed by atoms with E-state index < -0.39 is 0 Å². The van der Waals surface area contributed by atoms with Crippen LogP contribution in [0.5, 0.6) is 0 Å². The molecule has 0 amide bonds. The first-order chi connectivity index (χ1) is 6.22. The largest absolute Gasteiger partial charge is 0.466 e. The van der Waals surface area contributed by atoms with Gasteiger partial charge in [-0.1, -0.05) is 6.07 Å². The first-order valence-electron chi connectivity index (χ1n) is 3.99. The van der Waals surface area contributed by atoms with Crippen LogP contribution < -0.4 is 0 Å². The molecular formula is C9H10INO2. The van der Waals surface area contributed by atoms with Crippen LogP contribution in [0.2, 0.25) is 0 Å². The molecular weight excluding hydrogens is 281 g/mol. The van der Waals surface area contributed by atoms with Crippen LogP contribution in [-0.4, -0.2) is 17.6 Å². The highest BCUT2D eigenvalue weighted by atomic mass is 127. The van der Waals surface area contributed by atoms with E-state index in [-0.39, 0.29) is 12.4 Å². The van der Waals surface area contributed by atoms with E-state index in [1.165, 1.54) is 0 Å². The number of hydrogen-bond acceptors (Lipinski definition) is 3. The maximum atomic E-state index is 11.1. The molecule has 0 aliphatic carbocycles. The highest BCUT2D eigenvalue weighted by Crippen LogP contribution is 2.03. The predicted octanol–water partition coefficient (Wildman–Crippen LogP) is 1.79. The molecule has 0 atom stereocenters.